The zero-order valence-electron chi connectivity index (χ0n) is 9.67. The molecule has 0 aliphatic rings. The Labute approximate surface area is 115 Å². The van der Waals surface area contributed by atoms with Crippen LogP contribution in [0.2, 0.25) is 5.02 Å². The molecule has 7 heteroatoms. The van der Waals surface area contributed by atoms with Gasteiger partial charge in [-0.3, -0.25) is 4.79 Å². The van der Waals surface area contributed by atoms with Gasteiger partial charge in [0.25, 0.3) is 11.8 Å². The molecule has 1 aromatic carbocycles. The van der Waals surface area contributed by atoms with Crippen LogP contribution < -0.4 is 11.1 Å². The number of rotatable bonds is 4. The van der Waals surface area contributed by atoms with Crippen LogP contribution in [0.4, 0.5) is 8.78 Å². The molecule has 0 unspecified atom stereocenters. The molecule has 3 nitrogen and oxygen atoms in total. The Kier molecular flexibility index (Phi) is 6.52. The third kappa shape index (κ3) is 4.40. The second kappa shape index (κ2) is 6.87. The van der Waals surface area contributed by atoms with Gasteiger partial charge in [0.1, 0.15) is 0 Å². The molecule has 1 rings (SSSR count). The number of hydrogen-bond acceptors (Lipinski definition) is 2. The van der Waals surface area contributed by atoms with E-state index >= 15 is 0 Å². The molecule has 0 saturated carbocycles. The topological polar surface area (TPSA) is 55.1 Å². The molecule has 0 aliphatic heterocycles. The number of hydrogen-bond donors (Lipinski definition) is 2. The van der Waals surface area contributed by atoms with Crippen LogP contribution in [-0.4, -0.2) is 24.9 Å². The molecule has 18 heavy (non-hydrogen) atoms. The van der Waals surface area contributed by atoms with Crippen LogP contribution in [0.5, 0.6) is 0 Å². The Morgan fingerprint density at radius 2 is 2.11 bits per heavy atom. The molecule has 0 atom stereocenters. The van der Waals surface area contributed by atoms with E-state index in [2.05, 4.69) is 5.32 Å². The van der Waals surface area contributed by atoms with Crippen LogP contribution >= 0.6 is 24.0 Å². The van der Waals surface area contributed by atoms with Gasteiger partial charge in [0, 0.05) is 0 Å². The summed E-state index contributed by atoms with van der Waals surface area (Å²) in [7, 11) is 0. The number of halogens is 4. The maximum Gasteiger partial charge on any atom is 0.277 e. The van der Waals surface area contributed by atoms with Gasteiger partial charge in [-0.1, -0.05) is 23.7 Å². The van der Waals surface area contributed by atoms with Crippen LogP contribution in [0.15, 0.2) is 18.2 Å². The molecule has 0 bridgehead atoms. The number of benzene rings is 1. The quantitative estimate of drug-likeness (QED) is 0.897. The van der Waals surface area contributed by atoms with Gasteiger partial charge in [0.05, 0.1) is 23.7 Å². The molecule has 102 valence electrons. The Bertz CT molecular complexity index is 428. The minimum Gasteiger partial charge on any atom is -0.346 e. The van der Waals surface area contributed by atoms with E-state index in [0.717, 1.165) is 0 Å². The summed E-state index contributed by atoms with van der Waals surface area (Å²) >= 11 is 5.90. The van der Waals surface area contributed by atoms with Crippen molar-refractivity contribution in [3.8, 4) is 0 Å². The lowest BCUT2D eigenvalue weighted by molar-refractivity contribution is 0.0118. The summed E-state index contributed by atoms with van der Waals surface area (Å²) in [5.74, 6) is -3.74. The Morgan fingerprint density at radius 3 is 2.67 bits per heavy atom. The smallest absolute Gasteiger partial charge is 0.277 e. The molecule has 0 fully saturated rings. The van der Waals surface area contributed by atoms with Crippen LogP contribution in [0, 0.1) is 6.92 Å². The average molecular weight is 299 g/mol. The summed E-state index contributed by atoms with van der Waals surface area (Å²) in [4.78, 5) is 11.6. The number of alkyl halides is 2. The van der Waals surface area contributed by atoms with Crippen molar-refractivity contribution in [2.24, 2.45) is 5.73 Å². The standard InChI is InChI=1S/C11H13ClF2N2O.ClH/c1-7-3-2-4-8(9(7)12)10(17)16-6-11(13,14)5-15;/h2-4H,5-6,15H2,1H3,(H,16,17);1H. The van der Waals surface area contributed by atoms with Crippen molar-refractivity contribution in [1.82, 2.24) is 5.32 Å². The van der Waals surface area contributed by atoms with E-state index in [1.54, 1.807) is 19.1 Å². The van der Waals surface area contributed by atoms with Gasteiger partial charge in [-0.15, -0.1) is 12.4 Å². The summed E-state index contributed by atoms with van der Waals surface area (Å²) in [6, 6.07) is 4.84. The number of carbonyl (C=O) groups excluding carboxylic acids is 1. The largest absolute Gasteiger partial charge is 0.346 e. The molecule has 0 radical (unpaired) electrons. The van der Waals surface area contributed by atoms with Crippen molar-refractivity contribution in [3.63, 3.8) is 0 Å². The first kappa shape index (κ1) is 17.1. The SMILES string of the molecule is Cc1cccc(C(=O)NCC(F)(F)CN)c1Cl.Cl. The Hall–Kier alpha value is -0.910. The van der Waals surface area contributed by atoms with Crippen LogP contribution in [0.1, 0.15) is 15.9 Å². The van der Waals surface area contributed by atoms with Gasteiger partial charge < -0.3 is 11.1 Å². The molecule has 0 aliphatic carbocycles. The van der Waals surface area contributed by atoms with Crippen molar-refractivity contribution >= 4 is 29.9 Å². The third-order valence-corrected chi connectivity index (χ3v) is 2.74. The Balaban J connectivity index is 0.00000289. The van der Waals surface area contributed by atoms with Gasteiger partial charge in [0.15, 0.2) is 0 Å². The van der Waals surface area contributed by atoms with E-state index < -0.39 is 24.9 Å². The lowest BCUT2D eigenvalue weighted by Crippen LogP contribution is -2.41. The molecule has 0 aromatic heterocycles. The highest BCUT2D eigenvalue weighted by atomic mass is 35.5. The fourth-order valence-electron chi connectivity index (χ4n) is 1.20. The fraction of sp³-hybridized carbons (Fsp3) is 0.364. The summed E-state index contributed by atoms with van der Waals surface area (Å²) in [6.07, 6.45) is 0. The number of nitrogens with two attached hydrogens (primary N) is 1. The minimum atomic E-state index is -3.11. The lowest BCUT2D eigenvalue weighted by atomic mass is 10.1. The van der Waals surface area contributed by atoms with Crippen molar-refractivity contribution < 1.29 is 13.6 Å². The van der Waals surface area contributed by atoms with Crippen molar-refractivity contribution in [2.45, 2.75) is 12.8 Å². The fourth-order valence-corrected chi connectivity index (χ4v) is 1.41. The summed E-state index contributed by atoms with van der Waals surface area (Å²) in [5, 5.41) is 2.37. The highest BCUT2D eigenvalue weighted by molar-refractivity contribution is 6.34. The van der Waals surface area contributed by atoms with Gasteiger partial charge in [0.2, 0.25) is 0 Å². The van der Waals surface area contributed by atoms with E-state index in [9.17, 15) is 13.6 Å². The normalized spacial score (nSPS) is 10.7. The lowest BCUT2D eigenvalue weighted by Gasteiger charge is -2.15. The third-order valence-electron chi connectivity index (χ3n) is 2.24. The first-order chi connectivity index (χ1) is 7.87. The van der Waals surface area contributed by atoms with Crippen LogP contribution in [-0.2, 0) is 0 Å². The molecule has 0 spiro atoms. The maximum atomic E-state index is 12.8. The van der Waals surface area contributed by atoms with E-state index in [4.69, 9.17) is 17.3 Å². The van der Waals surface area contributed by atoms with Gasteiger partial charge >= 0.3 is 0 Å². The first-order valence-electron chi connectivity index (χ1n) is 4.98. The average Bonchev–Trinajstić information content (AvgIpc) is 2.30. The Morgan fingerprint density at radius 1 is 1.50 bits per heavy atom. The maximum absolute atomic E-state index is 12.8. The van der Waals surface area contributed by atoms with Gasteiger partial charge in [-0.25, -0.2) is 8.78 Å². The number of aryl methyl sites for hydroxylation is 1. The second-order valence-corrected chi connectivity index (χ2v) is 4.06. The van der Waals surface area contributed by atoms with Crippen molar-refractivity contribution in [3.05, 3.63) is 34.3 Å². The van der Waals surface area contributed by atoms with Gasteiger partial charge in [-0.05, 0) is 18.6 Å². The monoisotopic (exact) mass is 298 g/mol. The summed E-state index contributed by atoms with van der Waals surface area (Å²) in [5.41, 5.74) is 5.75. The molecular weight excluding hydrogens is 285 g/mol. The van der Waals surface area contributed by atoms with E-state index in [1.807, 2.05) is 0 Å². The van der Waals surface area contributed by atoms with E-state index in [1.165, 1.54) is 6.07 Å². The second-order valence-electron chi connectivity index (χ2n) is 3.68. The number of amides is 1. The van der Waals surface area contributed by atoms with E-state index in [-0.39, 0.29) is 23.0 Å². The number of carbonyl (C=O) groups is 1. The van der Waals surface area contributed by atoms with Crippen LogP contribution in [0.25, 0.3) is 0 Å². The van der Waals surface area contributed by atoms with E-state index in [0.29, 0.717) is 5.56 Å². The zero-order chi connectivity index (χ0) is 13.1. The highest BCUT2D eigenvalue weighted by Gasteiger charge is 2.27. The zero-order valence-corrected chi connectivity index (χ0v) is 11.2. The summed E-state index contributed by atoms with van der Waals surface area (Å²) in [6.45, 7) is 0.120. The van der Waals surface area contributed by atoms with Crippen molar-refractivity contribution in [2.75, 3.05) is 13.1 Å². The highest BCUT2D eigenvalue weighted by Crippen LogP contribution is 2.20. The van der Waals surface area contributed by atoms with Crippen molar-refractivity contribution in [1.29, 1.82) is 0 Å². The molecule has 0 heterocycles. The number of nitrogens with one attached hydrogen (secondary N) is 1. The van der Waals surface area contributed by atoms with Gasteiger partial charge in [-0.2, -0.15) is 0 Å². The molecular formula is C11H14Cl2F2N2O. The summed E-state index contributed by atoms with van der Waals surface area (Å²) < 4.78 is 25.7. The predicted octanol–water partition coefficient (Wildman–Crippen LogP) is 2.39. The first-order valence-corrected chi connectivity index (χ1v) is 5.36. The molecule has 3 N–H and O–H groups in total. The van der Waals surface area contributed by atoms with Crippen LogP contribution in [0.3, 0.4) is 0 Å². The molecule has 1 aromatic rings. The predicted molar refractivity (Wildman–Crippen MR) is 69.8 cm³/mol. The molecule has 0 saturated heterocycles. The molecule has 1 amide bonds. The minimum absolute atomic E-state index is 0.